The van der Waals surface area contributed by atoms with Crippen LogP contribution in [0.4, 0.5) is 5.69 Å². The number of nitrogens with one attached hydrogen (secondary N) is 2. The Hall–Kier alpha value is -1.66. The number of rotatable bonds is 8. The van der Waals surface area contributed by atoms with Gasteiger partial charge in [0.2, 0.25) is 0 Å². The minimum absolute atomic E-state index is 0.0695. The van der Waals surface area contributed by atoms with Crippen LogP contribution in [0.3, 0.4) is 0 Å². The zero-order chi connectivity index (χ0) is 15.6. The van der Waals surface area contributed by atoms with Gasteiger partial charge in [-0.05, 0) is 12.5 Å². The van der Waals surface area contributed by atoms with Crippen LogP contribution >= 0.6 is 0 Å². The van der Waals surface area contributed by atoms with Gasteiger partial charge in [-0.2, -0.15) is 0 Å². The molecule has 22 heavy (non-hydrogen) atoms. The fourth-order valence-electron chi connectivity index (χ4n) is 2.32. The molecule has 1 aliphatic rings. The van der Waals surface area contributed by atoms with E-state index in [9.17, 15) is 4.79 Å². The highest BCUT2D eigenvalue weighted by Gasteiger charge is 2.11. The van der Waals surface area contributed by atoms with E-state index in [4.69, 9.17) is 4.74 Å². The van der Waals surface area contributed by atoms with Crippen molar-refractivity contribution in [3.8, 4) is 0 Å². The molecule has 1 fully saturated rings. The van der Waals surface area contributed by atoms with Gasteiger partial charge in [0.1, 0.15) is 0 Å². The van der Waals surface area contributed by atoms with Crippen molar-refractivity contribution >= 4 is 11.6 Å². The van der Waals surface area contributed by atoms with Crippen molar-refractivity contribution in [3.63, 3.8) is 0 Å². The van der Waals surface area contributed by atoms with Crippen LogP contribution in [0.2, 0.25) is 0 Å². The molecule has 2 heterocycles. The first-order valence-electron chi connectivity index (χ1n) is 8.07. The summed E-state index contributed by atoms with van der Waals surface area (Å²) >= 11 is 0. The quantitative estimate of drug-likeness (QED) is 0.710. The number of amides is 1. The van der Waals surface area contributed by atoms with E-state index in [2.05, 4.69) is 27.4 Å². The standard InChI is InChI=1S/C16H26N4O2/c1-2-3-4-18-15-11-14(12-17-13-15)16(21)19-5-6-20-7-9-22-10-8-20/h11-13,18H,2-10H2,1H3,(H,19,21). The third-order valence-corrected chi connectivity index (χ3v) is 3.68. The van der Waals surface area contributed by atoms with Crippen LogP contribution in [-0.2, 0) is 4.74 Å². The maximum atomic E-state index is 12.1. The van der Waals surface area contributed by atoms with Crippen LogP contribution in [0.25, 0.3) is 0 Å². The van der Waals surface area contributed by atoms with Gasteiger partial charge in [0.25, 0.3) is 5.91 Å². The summed E-state index contributed by atoms with van der Waals surface area (Å²) in [5.74, 6) is -0.0695. The van der Waals surface area contributed by atoms with Crippen molar-refractivity contribution in [2.24, 2.45) is 0 Å². The van der Waals surface area contributed by atoms with Crippen LogP contribution in [0, 0.1) is 0 Å². The molecule has 0 spiro atoms. The number of unbranched alkanes of at least 4 members (excludes halogenated alkanes) is 1. The van der Waals surface area contributed by atoms with Gasteiger partial charge in [-0.1, -0.05) is 13.3 Å². The Morgan fingerprint density at radius 2 is 2.14 bits per heavy atom. The molecule has 0 unspecified atom stereocenters. The highest BCUT2D eigenvalue weighted by Crippen LogP contribution is 2.08. The van der Waals surface area contributed by atoms with E-state index in [1.807, 2.05) is 6.07 Å². The van der Waals surface area contributed by atoms with Gasteiger partial charge >= 0.3 is 0 Å². The zero-order valence-electron chi connectivity index (χ0n) is 13.3. The number of aromatic nitrogens is 1. The molecule has 6 nitrogen and oxygen atoms in total. The number of anilines is 1. The first-order valence-corrected chi connectivity index (χ1v) is 8.07. The highest BCUT2D eigenvalue weighted by atomic mass is 16.5. The Morgan fingerprint density at radius 1 is 1.32 bits per heavy atom. The molecule has 0 aliphatic carbocycles. The molecule has 1 amide bonds. The van der Waals surface area contributed by atoms with Gasteiger partial charge in [0.15, 0.2) is 0 Å². The van der Waals surface area contributed by atoms with Crippen molar-refractivity contribution in [2.45, 2.75) is 19.8 Å². The van der Waals surface area contributed by atoms with Gasteiger partial charge in [0, 0.05) is 45.1 Å². The minimum atomic E-state index is -0.0695. The average Bonchev–Trinajstić information content (AvgIpc) is 2.56. The summed E-state index contributed by atoms with van der Waals surface area (Å²) < 4.78 is 5.31. The number of morpholine rings is 1. The van der Waals surface area contributed by atoms with Gasteiger partial charge < -0.3 is 15.4 Å². The summed E-state index contributed by atoms with van der Waals surface area (Å²) in [6.07, 6.45) is 5.60. The smallest absolute Gasteiger partial charge is 0.252 e. The topological polar surface area (TPSA) is 66.5 Å². The molecule has 2 N–H and O–H groups in total. The van der Waals surface area contributed by atoms with E-state index >= 15 is 0 Å². The van der Waals surface area contributed by atoms with Gasteiger partial charge in [-0.25, -0.2) is 0 Å². The summed E-state index contributed by atoms with van der Waals surface area (Å²) in [6.45, 7) is 8.00. The van der Waals surface area contributed by atoms with Crippen molar-refractivity contribution in [2.75, 3.05) is 51.3 Å². The number of carbonyl (C=O) groups is 1. The number of carbonyl (C=O) groups excluding carboxylic acids is 1. The molecule has 1 aliphatic heterocycles. The van der Waals surface area contributed by atoms with Crippen LogP contribution < -0.4 is 10.6 Å². The van der Waals surface area contributed by atoms with Crippen molar-refractivity contribution < 1.29 is 9.53 Å². The molecule has 0 aromatic carbocycles. The Kier molecular flexibility index (Phi) is 7.12. The lowest BCUT2D eigenvalue weighted by Crippen LogP contribution is -2.41. The lowest BCUT2D eigenvalue weighted by Gasteiger charge is -2.26. The second kappa shape index (κ2) is 9.38. The minimum Gasteiger partial charge on any atom is -0.384 e. The predicted molar refractivity (Wildman–Crippen MR) is 87.2 cm³/mol. The number of hydrogen-bond donors (Lipinski definition) is 2. The van der Waals surface area contributed by atoms with Crippen molar-refractivity contribution in [3.05, 3.63) is 24.0 Å². The van der Waals surface area contributed by atoms with Crippen molar-refractivity contribution in [1.82, 2.24) is 15.2 Å². The van der Waals surface area contributed by atoms with E-state index in [-0.39, 0.29) is 5.91 Å². The Labute approximate surface area is 132 Å². The van der Waals surface area contributed by atoms with E-state index in [0.29, 0.717) is 12.1 Å². The van der Waals surface area contributed by atoms with E-state index < -0.39 is 0 Å². The summed E-state index contributed by atoms with van der Waals surface area (Å²) in [7, 11) is 0. The lowest BCUT2D eigenvalue weighted by atomic mass is 10.2. The Bertz CT molecular complexity index is 461. The Morgan fingerprint density at radius 3 is 2.91 bits per heavy atom. The summed E-state index contributed by atoms with van der Waals surface area (Å²) in [6, 6.07) is 1.85. The first-order chi connectivity index (χ1) is 10.8. The van der Waals surface area contributed by atoms with E-state index in [0.717, 1.165) is 57.9 Å². The van der Waals surface area contributed by atoms with E-state index in [1.54, 1.807) is 12.4 Å². The molecule has 122 valence electrons. The van der Waals surface area contributed by atoms with Crippen LogP contribution in [0.15, 0.2) is 18.5 Å². The molecule has 0 radical (unpaired) electrons. The van der Waals surface area contributed by atoms with E-state index in [1.165, 1.54) is 0 Å². The van der Waals surface area contributed by atoms with Gasteiger partial charge in [-0.15, -0.1) is 0 Å². The summed E-state index contributed by atoms with van der Waals surface area (Å²) in [4.78, 5) is 18.6. The number of nitrogens with zero attached hydrogens (tertiary/aromatic N) is 2. The maximum Gasteiger partial charge on any atom is 0.252 e. The molecule has 0 saturated carbocycles. The largest absolute Gasteiger partial charge is 0.384 e. The molecule has 1 aromatic rings. The summed E-state index contributed by atoms with van der Waals surface area (Å²) in [5, 5.41) is 6.24. The SMILES string of the molecule is CCCCNc1cncc(C(=O)NCCN2CCOCC2)c1. The number of pyridine rings is 1. The molecular weight excluding hydrogens is 280 g/mol. The maximum absolute atomic E-state index is 12.1. The number of ether oxygens (including phenoxy) is 1. The van der Waals surface area contributed by atoms with Crippen LogP contribution in [0.1, 0.15) is 30.1 Å². The normalized spacial score (nSPS) is 15.5. The third kappa shape index (κ3) is 5.61. The predicted octanol–water partition coefficient (Wildman–Crippen LogP) is 1.36. The fraction of sp³-hybridized carbons (Fsp3) is 0.625. The molecule has 2 rings (SSSR count). The lowest BCUT2D eigenvalue weighted by molar-refractivity contribution is 0.0383. The first kappa shape index (κ1) is 16.7. The van der Waals surface area contributed by atoms with Gasteiger partial charge in [-0.3, -0.25) is 14.7 Å². The fourth-order valence-corrected chi connectivity index (χ4v) is 2.32. The summed E-state index contributed by atoms with van der Waals surface area (Å²) in [5.41, 5.74) is 1.50. The molecule has 1 aromatic heterocycles. The van der Waals surface area contributed by atoms with Crippen molar-refractivity contribution in [1.29, 1.82) is 0 Å². The van der Waals surface area contributed by atoms with Crippen LogP contribution in [0.5, 0.6) is 0 Å². The Balaban J connectivity index is 1.75. The van der Waals surface area contributed by atoms with Crippen LogP contribution in [-0.4, -0.2) is 61.7 Å². The molecular formula is C16H26N4O2. The molecule has 1 saturated heterocycles. The number of hydrogen-bond acceptors (Lipinski definition) is 5. The third-order valence-electron chi connectivity index (χ3n) is 3.68. The zero-order valence-corrected chi connectivity index (χ0v) is 13.3. The second-order valence-corrected chi connectivity index (χ2v) is 5.45. The monoisotopic (exact) mass is 306 g/mol. The second-order valence-electron chi connectivity index (χ2n) is 5.45. The molecule has 0 bridgehead atoms. The average molecular weight is 306 g/mol. The highest BCUT2D eigenvalue weighted by molar-refractivity contribution is 5.94. The molecule has 6 heteroatoms. The molecule has 0 atom stereocenters. The van der Waals surface area contributed by atoms with Gasteiger partial charge in [0.05, 0.1) is 24.5 Å².